The molecule has 0 atom stereocenters. The number of anilines is 1. The second-order valence-corrected chi connectivity index (χ2v) is 4.81. The Morgan fingerprint density at radius 3 is 2.50 bits per heavy atom. The summed E-state index contributed by atoms with van der Waals surface area (Å²) in [5.74, 6) is 0.156. The van der Waals surface area contributed by atoms with Gasteiger partial charge in [0, 0.05) is 24.8 Å². The normalized spacial score (nSPS) is 16.9. The van der Waals surface area contributed by atoms with Gasteiger partial charge < -0.3 is 19.7 Å². The van der Waals surface area contributed by atoms with E-state index in [1.165, 1.54) is 0 Å². The fraction of sp³-hybridized carbons (Fsp3) is 0.429. The zero-order chi connectivity index (χ0) is 13.9. The number of fused-ring (bicyclic) bond motifs is 1. The molecule has 6 heteroatoms. The monoisotopic (exact) mass is 276 g/mol. The van der Waals surface area contributed by atoms with E-state index in [9.17, 15) is 9.59 Å². The van der Waals surface area contributed by atoms with Crippen LogP contribution in [-0.2, 0) is 9.59 Å². The maximum Gasteiger partial charge on any atom is 0.313 e. The minimum Gasteiger partial charge on any atom is -0.486 e. The van der Waals surface area contributed by atoms with Crippen molar-refractivity contribution >= 4 is 17.5 Å². The molecule has 20 heavy (non-hydrogen) atoms. The highest BCUT2D eigenvalue weighted by Crippen LogP contribution is 2.32. The lowest BCUT2D eigenvalue weighted by molar-refractivity contribution is -0.142. The van der Waals surface area contributed by atoms with E-state index in [-0.39, 0.29) is 0 Å². The van der Waals surface area contributed by atoms with Gasteiger partial charge >= 0.3 is 11.8 Å². The molecule has 0 unspecified atom stereocenters. The Labute approximate surface area is 116 Å². The van der Waals surface area contributed by atoms with E-state index >= 15 is 0 Å². The van der Waals surface area contributed by atoms with Crippen LogP contribution in [0.4, 0.5) is 5.69 Å². The van der Waals surface area contributed by atoms with Crippen molar-refractivity contribution in [2.45, 2.75) is 12.8 Å². The smallest absolute Gasteiger partial charge is 0.313 e. The minimum atomic E-state index is -0.608. The number of nitrogens with one attached hydrogen (secondary N) is 1. The highest BCUT2D eigenvalue weighted by atomic mass is 16.6. The molecule has 2 amide bonds. The first-order valence-electron chi connectivity index (χ1n) is 6.74. The number of benzene rings is 1. The fourth-order valence-electron chi connectivity index (χ4n) is 2.37. The van der Waals surface area contributed by atoms with Crippen molar-refractivity contribution in [3.63, 3.8) is 0 Å². The van der Waals surface area contributed by atoms with Crippen molar-refractivity contribution in [2.75, 3.05) is 31.6 Å². The molecule has 6 nitrogen and oxygen atoms in total. The lowest BCUT2D eigenvalue weighted by Gasteiger charge is -2.19. The molecule has 1 aromatic carbocycles. The molecule has 0 aliphatic carbocycles. The number of hydrogen-bond donors (Lipinski definition) is 1. The highest BCUT2D eigenvalue weighted by Gasteiger charge is 2.24. The molecule has 1 aromatic rings. The van der Waals surface area contributed by atoms with Crippen LogP contribution in [0.3, 0.4) is 0 Å². The van der Waals surface area contributed by atoms with E-state index in [4.69, 9.17) is 9.47 Å². The molecular formula is C14H16N2O4. The van der Waals surface area contributed by atoms with Gasteiger partial charge in [-0.15, -0.1) is 0 Å². The molecule has 0 bridgehead atoms. The molecule has 0 aromatic heterocycles. The maximum absolute atomic E-state index is 11.9. The van der Waals surface area contributed by atoms with Crippen molar-refractivity contribution in [3.05, 3.63) is 18.2 Å². The number of carbonyl (C=O) groups excluding carboxylic acids is 2. The summed E-state index contributed by atoms with van der Waals surface area (Å²) in [6, 6.07) is 5.09. The summed E-state index contributed by atoms with van der Waals surface area (Å²) >= 11 is 0. The van der Waals surface area contributed by atoms with Gasteiger partial charge in [-0.2, -0.15) is 0 Å². The molecule has 0 spiro atoms. The minimum absolute atomic E-state index is 0.475. The summed E-state index contributed by atoms with van der Waals surface area (Å²) in [6.07, 6.45) is 1.92. The Balaban J connectivity index is 1.67. The third-order valence-corrected chi connectivity index (χ3v) is 3.39. The van der Waals surface area contributed by atoms with E-state index in [0.29, 0.717) is 43.5 Å². The summed E-state index contributed by atoms with van der Waals surface area (Å²) in [6.45, 7) is 2.32. The molecule has 0 saturated carbocycles. The summed E-state index contributed by atoms with van der Waals surface area (Å²) in [4.78, 5) is 25.4. The maximum atomic E-state index is 11.9. The standard InChI is InChI=1S/C14H16N2O4/c17-13(14(18)16-5-1-2-6-16)15-10-3-4-11-12(9-10)20-8-7-19-11/h3-4,9H,1-2,5-8H2,(H,15,17). The Bertz CT molecular complexity index is 538. The first-order valence-corrected chi connectivity index (χ1v) is 6.74. The second-order valence-electron chi connectivity index (χ2n) is 4.81. The predicted molar refractivity (Wildman–Crippen MR) is 71.9 cm³/mol. The molecule has 2 aliphatic heterocycles. The number of amides is 2. The number of likely N-dealkylation sites (tertiary alicyclic amines) is 1. The molecule has 106 valence electrons. The van der Waals surface area contributed by atoms with Gasteiger partial charge in [-0.25, -0.2) is 0 Å². The molecule has 1 N–H and O–H groups in total. The summed E-state index contributed by atoms with van der Waals surface area (Å²) < 4.78 is 10.8. The molecule has 2 heterocycles. The molecule has 2 aliphatic rings. The lowest BCUT2D eigenvalue weighted by atomic mass is 10.2. The van der Waals surface area contributed by atoms with Gasteiger partial charge in [0.05, 0.1) is 0 Å². The van der Waals surface area contributed by atoms with E-state index in [1.54, 1.807) is 23.1 Å². The van der Waals surface area contributed by atoms with Gasteiger partial charge in [0.2, 0.25) is 0 Å². The van der Waals surface area contributed by atoms with Gasteiger partial charge in [-0.1, -0.05) is 0 Å². The van der Waals surface area contributed by atoms with Crippen molar-refractivity contribution < 1.29 is 19.1 Å². The van der Waals surface area contributed by atoms with Crippen molar-refractivity contribution in [2.24, 2.45) is 0 Å². The summed E-state index contributed by atoms with van der Waals surface area (Å²) in [7, 11) is 0. The zero-order valence-electron chi connectivity index (χ0n) is 11.1. The average molecular weight is 276 g/mol. The van der Waals surface area contributed by atoms with Gasteiger partial charge in [0.25, 0.3) is 0 Å². The zero-order valence-corrected chi connectivity index (χ0v) is 11.1. The highest BCUT2D eigenvalue weighted by molar-refractivity contribution is 6.39. The topological polar surface area (TPSA) is 67.9 Å². The Morgan fingerprint density at radius 1 is 1.05 bits per heavy atom. The fourth-order valence-corrected chi connectivity index (χ4v) is 2.37. The lowest BCUT2D eigenvalue weighted by Crippen LogP contribution is -2.37. The Morgan fingerprint density at radius 2 is 1.75 bits per heavy atom. The van der Waals surface area contributed by atoms with E-state index in [0.717, 1.165) is 12.8 Å². The third kappa shape index (κ3) is 2.54. The van der Waals surface area contributed by atoms with Crippen LogP contribution in [0.15, 0.2) is 18.2 Å². The summed E-state index contributed by atoms with van der Waals surface area (Å²) in [5.41, 5.74) is 0.534. The van der Waals surface area contributed by atoms with Gasteiger partial charge in [-0.3, -0.25) is 9.59 Å². The second kappa shape index (κ2) is 5.40. The van der Waals surface area contributed by atoms with Gasteiger partial charge in [0.1, 0.15) is 13.2 Å². The van der Waals surface area contributed by atoms with Crippen LogP contribution >= 0.6 is 0 Å². The van der Waals surface area contributed by atoms with Crippen LogP contribution < -0.4 is 14.8 Å². The first-order chi connectivity index (χ1) is 9.74. The predicted octanol–water partition coefficient (Wildman–Crippen LogP) is 1.02. The van der Waals surface area contributed by atoms with E-state index < -0.39 is 11.8 Å². The van der Waals surface area contributed by atoms with Crippen LogP contribution in [0.1, 0.15) is 12.8 Å². The molecule has 0 radical (unpaired) electrons. The van der Waals surface area contributed by atoms with E-state index in [1.807, 2.05) is 0 Å². The number of nitrogens with zero attached hydrogens (tertiary/aromatic N) is 1. The average Bonchev–Trinajstić information content (AvgIpc) is 3.00. The van der Waals surface area contributed by atoms with Crippen LogP contribution in [0, 0.1) is 0 Å². The van der Waals surface area contributed by atoms with Crippen LogP contribution in [0.2, 0.25) is 0 Å². The number of ether oxygens (including phenoxy) is 2. The molecule has 1 saturated heterocycles. The Kier molecular flexibility index (Phi) is 3.45. The third-order valence-electron chi connectivity index (χ3n) is 3.39. The number of rotatable bonds is 1. The van der Waals surface area contributed by atoms with Crippen molar-refractivity contribution in [3.8, 4) is 11.5 Å². The van der Waals surface area contributed by atoms with E-state index in [2.05, 4.69) is 5.32 Å². The SMILES string of the molecule is O=C(Nc1ccc2c(c1)OCCO2)C(=O)N1CCCC1. The number of carbonyl (C=O) groups is 2. The Hall–Kier alpha value is -2.24. The first kappa shape index (κ1) is 12.8. The van der Waals surface area contributed by atoms with Crippen LogP contribution in [-0.4, -0.2) is 43.0 Å². The van der Waals surface area contributed by atoms with Crippen molar-refractivity contribution in [1.29, 1.82) is 0 Å². The van der Waals surface area contributed by atoms with Gasteiger partial charge in [-0.05, 0) is 25.0 Å². The van der Waals surface area contributed by atoms with Crippen molar-refractivity contribution in [1.82, 2.24) is 4.90 Å². The quantitative estimate of drug-likeness (QED) is 0.778. The summed E-state index contributed by atoms with van der Waals surface area (Å²) in [5, 5.41) is 2.60. The largest absolute Gasteiger partial charge is 0.486 e. The van der Waals surface area contributed by atoms with Crippen LogP contribution in [0.5, 0.6) is 11.5 Å². The molecular weight excluding hydrogens is 260 g/mol. The molecule has 3 rings (SSSR count). The molecule has 1 fully saturated rings. The van der Waals surface area contributed by atoms with Crippen LogP contribution in [0.25, 0.3) is 0 Å². The van der Waals surface area contributed by atoms with Gasteiger partial charge in [0.15, 0.2) is 11.5 Å². The number of hydrogen-bond acceptors (Lipinski definition) is 4.